The zero-order valence-electron chi connectivity index (χ0n) is 19.1. The highest BCUT2D eigenvalue weighted by Gasteiger charge is 2.18. The first-order valence-electron chi connectivity index (χ1n) is 10.3. The van der Waals surface area contributed by atoms with Gasteiger partial charge in [-0.2, -0.15) is 0 Å². The van der Waals surface area contributed by atoms with Crippen LogP contribution in [0.4, 0.5) is 0 Å². The van der Waals surface area contributed by atoms with E-state index in [9.17, 15) is 9.69 Å². The summed E-state index contributed by atoms with van der Waals surface area (Å²) in [5.74, 6) is 0.859. The number of likely N-dealkylation sites (N-methyl/N-ethyl adjacent to an activating group) is 1. The average molecular weight is 466 g/mol. The molecule has 0 radical (unpaired) electrons. The van der Waals surface area contributed by atoms with Crippen molar-refractivity contribution in [3.8, 4) is 11.5 Å². The number of rotatable bonds is 14. The lowest BCUT2D eigenvalue weighted by molar-refractivity contribution is -0.870. The van der Waals surface area contributed by atoms with Gasteiger partial charge in [-0.1, -0.05) is 30.3 Å². The van der Waals surface area contributed by atoms with Crippen LogP contribution in [0.1, 0.15) is 12.5 Å². The molecule has 9 heteroatoms. The van der Waals surface area contributed by atoms with Gasteiger partial charge in [0.05, 0.1) is 27.7 Å². The summed E-state index contributed by atoms with van der Waals surface area (Å²) in [7, 11) is 4.03. The minimum atomic E-state index is -2.06. The molecule has 0 saturated heterocycles. The maximum absolute atomic E-state index is 11.4. The third kappa shape index (κ3) is 11.4. The third-order valence-corrected chi connectivity index (χ3v) is 4.95. The van der Waals surface area contributed by atoms with Gasteiger partial charge in [-0.25, -0.2) is 0 Å². The van der Waals surface area contributed by atoms with E-state index in [1.807, 2.05) is 63.6 Å². The van der Waals surface area contributed by atoms with Crippen molar-refractivity contribution in [2.75, 3.05) is 47.5 Å². The van der Waals surface area contributed by atoms with Crippen LogP contribution in [-0.4, -0.2) is 69.0 Å². The van der Waals surface area contributed by atoms with Crippen LogP contribution in [0.2, 0.25) is 0 Å². The number of hydrogen-bond donors (Lipinski definition) is 1. The molecule has 2 atom stereocenters. The summed E-state index contributed by atoms with van der Waals surface area (Å²) in [5, 5.41) is 0. The van der Waals surface area contributed by atoms with E-state index < -0.39 is 20.7 Å². The third-order valence-electron chi connectivity index (χ3n) is 4.18. The molecule has 32 heavy (non-hydrogen) atoms. The Balaban J connectivity index is 1.76. The molecule has 2 rings (SSSR count). The Hall–Kier alpha value is -2.22. The normalized spacial score (nSPS) is 13.3. The summed E-state index contributed by atoms with van der Waals surface area (Å²) in [4.78, 5) is 21.3. The topological polar surface area (TPSA) is 83.5 Å². The molecule has 1 N–H and O–H groups in total. The number of carbonyl (C=O) groups excluding carboxylic acids is 1. The minimum absolute atomic E-state index is 0.0373. The quantitative estimate of drug-likeness (QED) is 0.259. The van der Waals surface area contributed by atoms with Gasteiger partial charge >= 0.3 is 14.6 Å². The molecule has 0 spiro atoms. The molecular weight excluding hydrogens is 433 g/mol. The minimum Gasteiger partial charge on any atom is -0.490 e. The van der Waals surface area contributed by atoms with Gasteiger partial charge < -0.3 is 32.6 Å². The predicted molar refractivity (Wildman–Crippen MR) is 122 cm³/mol. The van der Waals surface area contributed by atoms with Crippen LogP contribution < -0.4 is 9.47 Å². The summed E-state index contributed by atoms with van der Waals surface area (Å²) in [6, 6.07) is 17.1. The average Bonchev–Trinajstić information content (AvgIpc) is 2.74. The molecule has 2 aromatic carbocycles. The van der Waals surface area contributed by atoms with Crippen LogP contribution in [0.5, 0.6) is 11.5 Å². The lowest BCUT2D eigenvalue weighted by Gasteiger charge is -2.24. The van der Waals surface area contributed by atoms with Gasteiger partial charge in [-0.15, -0.1) is 0 Å². The molecule has 0 aliphatic heterocycles. The summed E-state index contributed by atoms with van der Waals surface area (Å²) in [5.41, 5.74) is 1.09. The molecule has 0 heterocycles. The van der Waals surface area contributed by atoms with Gasteiger partial charge in [0.15, 0.2) is 6.10 Å². The lowest BCUT2D eigenvalue weighted by atomic mass is 10.2. The Morgan fingerprint density at radius 2 is 1.56 bits per heavy atom. The van der Waals surface area contributed by atoms with Crippen LogP contribution >= 0.6 is 8.60 Å². The monoisotopic (exact) mass is 466 g/mol. The van der Waals surface area contributed by atoms with E-state index in [-0.39, 0.29) is 13.2 Å². The van der Waals surface area contributed by atoms with Gasteiger partial charge in [-0.05, 0) is 29.8 Å². The summed E-state index contributed by atoms with van der Waals surface area (Å²) in [6.45, 7) is 2.92. The van der Waals surface area contributed by atoms with E-state index in [2.05, 4.69) is 0 Å². The Kier molecular flexibility index (Phi) is 10.9. The highest BCUT2D eigenvalue weighted by atomic mass is 31.2. The maximum atomic E-state index is 11.4. The van der Waals surface area contributed by atoms with Crippen LogP contribution in [-0.2, 0) is 25.2 Å². The molecule has 0 saturated carbocycles. The highest BCUT2D eigenvalue weighted by molar-refractivity contribution is 7.40. The van der Waals surface area contributed by atoms with Crippen LogP contribution in [0.15, 0.2) is 54.6 Å². The standard InChI is InChI=1S/C23H33NO7P/c1-19(25)31-23(18-30-32(26)29-15-14-24(2,3)4)17-28-22-12-10-21(11-13-22)27-16-20-8-6-5-7-9-20/h5-13,23,26H,14-18H2,1-4H3/q+1. The van der Waals surface area contributed by atoms with E-state index in [0.717, 1.165) is 17.9 Å². The molecule has 0 amide bonds. The lowest BCUT2D eigenvalue weighted by Crippen LogP contribution is -2.37. The fourth-order valence-electron chi connectivity index (χ4n) is 2.49. The Bertz CT molecular complexity index is 796. The molecule has 0 bridgehead atoms. The van der Waals surface area contributed by atoms with Crippen molar-refractivity contribution in [2.24, 2.45) is 0 Å². The van der Waals surface area contributed by atoms with Gasteiger partial charge in [0.25, 0.3) is 0 Å². The number of nitrogens with zero attached hydrogens (tertiary/aromatic N) is 1. The maximum Gasteiger partial charge on any atom is 0.330 e. The first-order chi connectivity index (χ1) is 15.2. The van der Waals surface area contributed by atoms with Crippen molar-refractivity contribution in [2.45, 2.75) is 19.6 Å². The summed E-state index contributed by atoms with van der Waals surface area (Å²) < 4.78 is 28.0. The van der Waals surface area contributed by atoms with Crippen LogP contribution in [0, 0.1) is 0 Å². The number of hydrogen-bond acceptors (Lipinski definition) is 7. The van der Waals surface area contributed by atoms with Crippen molar-refractivity contribution in [1.82, 2.24) is 0 Å². The Morgan fingerprint density at radius 1 is 0.938 bits per heavy atom. The van der Waals surface area contributed by atoms with Gasteiger partial charge in [-0.3, -0.25) is 4.79 Å². The van der Waals surface area contributed by atoms with Crippen molar-refractivity contribution in [1.29, 1.82) is 0 Å². The second-order valence-electron chi connectivity index (χ2n) is 8.17. The second-order valence-corrected chi connectivity index (χ2v) is 9.16. The van der Waals surface area contributed by atoms with E-state index in [0.29, 0.717) is 23.4 Å². The Labute approximate surface area is 191 Å². The van der Waals surface area contributed by atoms with E-state index in [4.69, 9.17) is 23.3 Å². The molecule has 0 aliphatic rings. The zero-order chi connectivity index (χ0) is 23.4. The predicted octanol–water partition coefficient (Wildman–Crippen LogP) is 3.53. The van der Waals surface area contributed by atoms with E-state index in [1.54, 1.807) is 12.1 Å². The smallest absolute Gasteiger partial charge is 0.330 e. The number of ether oxygens (including phenoxy) is 3. The fraction of sp³-hybridized carbons (Fsp3) is 0.435. The highest BCUT2D eigenvalue weighted by Crippen LogP contribution is 2.33. The van der Waals surface area contributed by atoms with Crippen molar-refractivity contribution in [3.63, 3.8) is 0 Å². The molecule has 176 valence electrons. The first kappa shape index (κ1) is 26.0. The zero-order valence-corrected chi connectivity index (χ0v) is 20.0. The Morgan fingerprint density at radius 3 is 2.16 bits per heavy atom. The van der Waals surface area contributed by atoms with Gasteiger partial charge in [0.2, 0.25) is 0 Å². The van der Waals surface area contributed by atoms with E-state index in [1.165, 1.54) is 6.92 Å². The number of benzene rings is 2. The summed E-state index contributed by atoms with van der Waals surface area (Å²) >= 11 is 0. The molecule has 0 aliphatic carbocycles. The second kappa shape index (κ2) is 13.4. The summed E-state index contributed by atoms with van der Waals surface area (Å²) in [6.07, 6.45) is -0.680. The van der Waals surface area contributed by atoms with Gasteiger partial charge in [0.1, 0.15) is 37.9 Å². The first-order valence-corrected chi connectivity index (χ1v) is 11.5. The molecule has 8 nitrogen and oxygen atoms in total. The van der Waals surface area contributed by atoms with Crippen molar-refractivity contribution < 1.29 is 37.4 Å². The van der Waals surface area contributed by atoms with Crippen molar-refractivity contribution in [3.05, 3.63) is 60.2 Å². The molecule has 0 aromatic heterocycles. The van der Waals surface area contributed by atoms with Crippen LogP contribution in [0.25, 0.3) is 0 Å². The molecular formula is C23H33NO7P+. The van der Waals surface area contributed by atoms with Gasteiger partial charge in [0, 0.05) is 6.92 Å². The van der Waals surface area contributed by atoms with Crippen molar-refractivity contribution >= 4 is 14.6 Å². The molecule has 2 unspecified atom stereocenters. The molecule has 2 aromatic rings. The number of quaternary nitrogens is 1. The SMILES string of the molecule is CC(=O)OC(COc1ccc(OCc2ccccc2)cc1)COP(O)OCC[N+](C)(C)C. The van der Waals surface area contributed by atoms with Crippen LogP contribution in [0.3, 0.4) is 0 Å². The largest absolute Gasteiger partial charge is 0.490 e. The molecule has 0 fully saturated rings. The number of carbonyl (C=O) groups is 1. The number of esters is 1. The fourth-order valence-corrected chi connectivity index (χ4v) is 3.10. The van der Waals surface area contributed by atoms with E-state index >= 15 is 0 Å².